The molecule has 2 aromatic rings. The Bertz CT molecular complexity index is 757. The van der Waals surface area contributed by atoms with Gasteiger partial charge in [-0.25, -0.2) is 0 Å². The molecule has 3 rings (SSSR count). The van der Waals surface area contributed by atoms with Crippen molar-refractivity contribution in [1.82, 2.24) is 5.32 Å². The topological polar surface area (TPSA) is 84.5 Å². The summed E-state index contributed by atoms with van der Waals surface area (Å²) in [6.07, 6.45) is 2.88. The lowest BCUT2D eigenvalue weighted by molar-refractivity contribution is -0.117. The van der Waals surface area contributed by atoms with E-state index in [2.05, 4.69) is 5.32 Å². The number of furan rings is 1. The van der Waals surface area contributed by atoms with Crippen LogP contribution >= 0.6 is 0 Å². The molecule has 0 radical (unpaired) electrons. The van der Waals surface area contributed by atoms with Gasteiger partial charge < -0.3 is 19.2 Å². The van der Waals surface area contributed by atoms with Crippen molar-refractivity contribution in [3.63, 3.8) is 0 Å². The summed E-state index contributed by atoms with van der Waals surface area (Å²) in [5, 5.41) is 11.7. The first-order valence-corrected chi connectivity index (χ1v) is 6.58. The third-order valence-corrected chi connectivity index (χ3v) is 3.08. The Kier molecular flexibility index (Phi) is 3.79. The van der Waals surface area contributed by atoms with Gasteiger partial charge in [0.2, 0.25) is 6.79 Å². The molecular weight excluding hydrogens is 284 g/mol. The first kappa shape index (κ1) is 13.8. The lowest BCUT2D eigenvalue weighted by Gasteiger charge is -2.05. The second kappa shape index (κ2) is 6.06. The number of carbonyl (C=O) groups is 1. The standard InChI is InChI=1S/C16H12N2O4/c17-8-12(7-13-2-1-5-20-13)16(19)18-9-11-3-4-14-15(6-11)22-10-21-14/h1-7H,9-10H2,(H,18,19). The first-order chi connectivity index (χ1) is 10.8. The van der Waals surface area contributed by atoms with E-state index >= 15 is 0 Å². The fraction of sp³-hybridized carbons (Fsp3) is 0.125. The summed E-state index contributed by atoms with van der Waals surface area (Å²) in [5.74, 6) is 1.33. The predicted molar refractivity (Wildman–Crippen MR) is 76.7 cm³/mol. The normalized spacial score (nSPS) is 12.8. The van der Waals surface area contributed by atoms with E-state index in [1.165, 1.54) is 12.3 Å². The van der Waals surface area contributed by atoms with E-state index in [0.29, 0.717) is 17.3 Å². The zero-order valence-corrected chi connectivity index (χ0v) is 11.5. The van der Waals surface area contributed by atoms with E-state index in [0.717, 1.165) is 5.56 Å². The number of benzene rings is 1. The van der Waals surface area contributed by atoms with E-state index in [1.807, 2.05) is 12.1 Å². The van der Waals surface area contributed by atoms with Crippen LogP contribution in [0.15, 0.2) is 46.6 Å². The summed E-state index contributed by atoms with van der Waals surface area (Å²) < 4.78 is 15.6. The molecular formula is C16H12N2O4. The number of nitrogens with zero attached hydrogens (tertiary/aromatic N) is 1. The SMILES string of the molecule is N#CC(=Cc1ccco1)C(=O)NCc1ccc2c(c1)OCO2. The Balaban J connectivity index is 1.65. The summed E-state index contributed by atoms with van der Waals surface area (Å²) >= 11 is 0. The largest absolute Gasteiger partial charge is 0.465 e. The Morgan fingerprint density at radius 2 is 2.18 bits per heavy atom. The van der Waals surface area contributed by atoms with Gasteiger partial charge in [0.15, 0.2) is 11.5 Å². The summed E-state index contributed by atoms with van der Waals surface area (Å²) in [6.45, 7) is 0.488. The summed E-state index contributed by atoms with van der Waals surface area (Å²) in [5.41, 5.74) is 0.837. The molecule has 0 saturated heterocycles. The van der Waals surface area contributed by atoms with Crippen LogP contribution in [-0.4, -0.2) is 12.7 Å². The molecule has 0 unspecified atom stereocenters. The number of nitriles is 1. The van der Waals surface area contributed by atoms with Crippen LogP contribution in [0.3, 0.4) is 0 Å². The van der Waals surface area contributed by atoms with Gasteiger partial charge in [-0.05, 0) is 29.8 Å². The van der Waals surface area contributed by atoms with Crippen LogP contribution in [0, 0.1) is 11.3 Å². The fourth-order valence-electron chi connectivity index (χ4n) is 1.99. The maximum atomic E-state index is 12.0. The number of carbonyl (C=O) groups excluding carboxylic acids is 1. The van der Waals surface area contributed by atoms with E-state index < -0.39 is 5.91 Å². The fourth-order valence-corrected chi connectivity index (χ4v) is 1.99. The number of amides is 1. The van der Waals surface area contributed by atoms with Gasteiger partial charge >= 0.3 is 0 Å². The number of rotatable bonds is 4. The number of hydrogen-bond donors (Lipinski definition) is 1. The molecule has 6 nitrogen and oxygen atoms in total. The average molecular weight is 296 g/mol. The van der Waals surface area contributed by atoms with Gasteiger partial charge in [-0.2, -0.15) is 5.26 Å². The van der Waals surface area contributed by atoms with E-state index in [-0.39, 0.29) is 18.9 Å². The maximum absolute atomic E-state index is 12.0. The minimum absolute atomic E-state index is 0.0179. The minimum atomic E-state index is -0.462. The highest BCUT2D eigenvalue weighted by atomic mass is 16.7. The molecule has 1 N–H and O–H groups in total. The quantitative estimate of drug-likeness (QED) is 0.691. The van der Waals surface area contributed by atoms with Crippen LogP contribution in [0.4, 0.5) is 0 Å². The Morgan fingerprint density at radius 1 is 1.32 bits per heavy atom. The molecule has 0 bridgehead atoms. The molecule has 1 aromatic heterocycles. The second-order valence-electron chi connectivity index (χ2n) is 4.56. The van der Waals surface area contributed by atoms with Crippen molar-refractivity contribution in [2.45, 2.75) is 6.54 Å². The summed E-state index contributed by atoms with van der Waals surface area (Å²) in [7, 11) is 0. The average Bonchev–Trinajstić information content (AvgIpc) is 3.20. The van der Waals surface area contributed by atoms with Crippen LogP contribution < -0.4 is 14.8 Å². The monoisotopic (exact) mass is 296 g/mol. The highest BCUT2D eigenvalue weighted by molar-refractivity contribution is 6.01. The van der Waals surface area contributed by atoms with Gasteiger partial charge in [0, 0.05) is 12.6 Å². The molecule has 6 heteroatoms. The molecule has 1 amide bonds. The van der Waals surface area contributed by atoms with Crippen molar-refractivity contribution in [1.29, 1.82) is 5.26 Å². The molecule has 0 aliphatic carbocycles. The van der Waals surface area contributed by atoms with Gasteiger partial charge in [-0.1, -0.05) is 6.07 Å². The van der Waals surface area contributed by atoms with Crippen molar-refractivity contribution in [3.05, 3.63) is 53.5 Å². The van der Waals surface area contributed by atoms with Crippen LogP contribution in [0.25, 0.3) is 6.08 Å². The first-order valence-electron chi connectivity index (χ1n) is 6.58. The third-order valence-electron chi connectivity index (χ3n) is 3.08. The minimum Gasteiger partial charge on any atom is -0.465 e. The lowest BCUT2D eigenvalue weighted by atomic mass is 10.2. The van der Waals surface area contributed by atoms with Crippen molar-refractivity contribution in [3.8, 4) is 17.6 Å². The molecule has 2 heterocycles. The van der Waals surface area contributed by atoms with E-state index in [1.54, 1.807) is 24.3 Å². The molecule has 0 atom stereocenters. The van der Waals surface area contributed by atoms with E-state index in [9.17, 15) is 4.79 Å². The number of ether oxygens (including phenoxy) is 2. The van der Waals surface area contributed by atoms with Crippen LogP contribution in [0.1, 0.15) is 11.3 Å². The van der Waals surface area contributed by atoms with Gasteiger partial charge in [-0.3, -0.25) is 4.79 Å². The molecule has 1 aliphatic rings. The molecule has 1 aliphatic heterocycles. The number of hydrogen-bond acceptors (Lipinski definition) is 5. The van der Waals surface area contributed by atoms with Gasteiger partial charge in [0.05, 0.1) is 6.26 Å². The van der Waals surface area contributed by atoms with Gasteiger partial charge in [0.25, 0.3) is 5.91 Å². The van der Waals surface area contributed by atoms with Gasteiger partial charge in [0.1, 0.15) is 17.4 Å². The lowest BCUT2D eigenvalue weighted by Crippen LogP contribution is -2.23. The van der Waals surface area contributed by atoms with Crippen molar-refractivity contribution in [2.24, 2.45) is 0 Å². The van der Waals surface area contributed by atoms with Crippen molar-refractivity contribution >= 4 is 12.0 Å². The molecule has 1 aromatic carbocycles. The predicted octanol–water partition coefficient (Wildman–Crippen LogP) is 2.23. The highest BCUT2D eigenvalue weighted by Crippen LogP contribution is 2.32. The van der Waals surface area contributed by atoms with Crippen LogP contribution in [0.2, 0.25) is 0 Å². The molecule has 110 valence electrons. The Labute approximate surface area is 126 Å². The molecule has 0 saturated carbocycles. The van der Waals surface area contributed by atoms with Crippen LogP contribution in [0.5, 0.6) is 11.5 Å². The smallest absolute Gasteiger partial charge is 0.262 e. The zero-order valence-electron chi connectivity index (χ0n) is 11.5. The summed E-state index contributed by atoms with van der Waals surface area (Å²) in [4.78, 5) is 12.0. The molecule has 0 fully saturated rings. The summed E-state index contributed by atoms with van der Waals surface area (Å²) in [6, 6.07) is 10.6. The van der Waals surface area contributed by atoms with Gasteiger partial charge in [-0.15, -0.1) is 0 Å². The van der Waals surface area contributed by atoms with E-state index in [4.69, 9.17) is 19.2 Å². The zero-order chi connectivity index (χ0) is 15.4. The molecule has 0 spiro atoms. The van der Waals surface area contributed by atoms with Crippen molar-refractivity contribution in [2.75, 3.05) is 6.79 Å². The van der Waals surface area contributed by atoms with Crippen molar-refractivity contribution < 1.29 is 18.7 Å². The molecule has 22 heavy (non-hydrogen) atoms. The Hall–Kier alpha value is -3.20. The number of nitrogens with one attached hydrogen (secondary N) is 1. The second-order valence-corrected chi connectivity index (χ2v) is 4.56. The number of fused-ring (bicyclic) bond motifs is 1. The van der Waals surface area contributed by atoms with Crippen LogP contribution in [-0.2, 0) is 11.3 Å². The Morgan fingerprint density at radius 3 is 2.95 bits per heavy atom. The maximum Gasteiger partial charge on any atom is 0.262 e. The highest BCUT2D eigenvalue weighted by Gasteiger charge is 2.14. The third kappa shape index (κ3) is 2.94.